The maximum Gasteiger partial charge on any atom is 0.220 e. The highest BCUT2D eigenvalue weighted by molar-refractivity contribution is 9.09. The molecule has 3 heteroatoms. The zero-order chi connectivity index (χ0) is 12.4. The Hall–Kier alpha value is -0.0500. The van der Waals surface area contributed by atoms with Crippen LogP contribution in [0.4, 0.5) is 0 Å². The van der Waals surface area contributed by atoms with Gasteiger partial charge in [-0.1, -0.05) is 55.0 Å². The van der Waals surface area contributed by atoms with Crippen molar-refractivity contribution in [2.45, 2.75) is 71.3 Å². The van der Waals surface area contributed by atoms with Crippen molar-refractivity contribution in [3.05, 3.63) is 0 Å². The molecular weight excluding hydrogens is 266 g/mol. The molecule has 1 amide bonds. The van der Waals surface area contributed by atoms with E-state index in [1.165, 1.54) is 32.1 Å². The van der Waals surface area contributed by atoms with Crippen LogP contribution in [0.2, 0.25) is 0 Å². The Kier molecular flexibility index (Phi) is 9.00. The first-order chi connectivity index (χ1) is 7.52. The van der Waals surface area contributed by atoms with E-state index in [2.05, 4.69) is 28.2 Å². The Balaban J connectivity index is 3.44. The molecule has 2 nitrogen and oxygen atoms in total. The van der Waals surface area contributed by atoms with Crippen molar-refractivity contribution in [3.63, 3.8) is 0 Å². The van der Waals surface area contributed by atoms with Crippen LogP contribution in [0.15, 0.2) is 0 Å². The minimum absolute atomic E-state index is 0.126. The smallest absolute Gasteiger partial charge is 0.220 e. The highest BCUT2D eigenvalue weighted by Gasteiger charge is 2.17. The predicted octanol–water partition coefficient (Wildman–Crippen LogP) is 4.03. The number of amides is 1. The lowest BCUT2D eigenvalue weighted by molar-refractivity contribution is -0.122. The summed E-state index contributed by atoms with van der Waals surface area (Å²) >= 11 is 3.39. The molecule has 0 atom stereocenters. The molecule has 0 aliphatic carbocycles. The lowest BCUT2D eigenvalue weighted by atomic mass is 10.1. The SMILES string of the molecule is CCCCCCCCC(=O)NC(C)(C)CBr. The van der Waals surface area contributed by atoms with E-state index in [-0.39, 0.29) is 11.4 Å². The van der Waals surface area contributed by atoms with Gasteiger partial charge in [0.05, 0.1) is 0 Å². The highest BCUT2D eigenvalue weighted by Crippen LogP contribution is 2.09. The second-order valence-electron chi connectivity index (χ2n) is 5.08. The molecule has 0 aromatic heterocycles. The first-order valence-electron chi connectivity index (χ1n) is 6.39. The van der Waals surface area contributed by atoms with Gasteiger partial charge in [-0.3, -0.25) is 4.79 Å². The number of carbonyl (C=O) groups excluding carboxylic acids is 1. The van der Waals surface area contributed by atoms with Crippen LogP contribution < -0.4 is 5.32 Å². The fourth-order valence-electron chi connectivity index (χ4n) is 1.54. The number of rotatable bonds is 9. The Morgan fingerprint density at radius 1 is 1.12 bits per heavy atom. The number of halogens is 1. The summed E-state index contributed by atoms with van der Waals surface area (Å²) in [6.07, 6.45) is 8.05. The van der Waals surface area contributed by atoms with Gasteiger partial charge in [-0.15, -0.1) is 0 Å². The molecule has 0 aliphatic heterocycles. The van der Waals surface area contributed by atoms with Crippen LogP contribution in [0.3, 0.4) is 0 Å². The van der Waals surface area contributed by atoms with Crippen molar-refractivity contribution in [3.8, 4) is 0 Å². The van der Waals surface area contributed by atoms with Gasteiger partial charge in [0.2, 0.25) is 5.91 Å². The van der Waals surface area contributed by atoms with Crippen LogP contribution in [0.1, 0.15) is 65.7 Å². The van der Waals surface area contributed by atoms with E-state index in [4.69, 9.17) is 0 Å². The Morgan fingerprint density at radius 3 is 2.25 bits per heavy atom. The molecule has 0 aliphatic rings. The van der Waals surface area contributed by atoms with Gasteiger partial charge in [-0.2, -0.15) is 0 Å². The quantitative estimate of drug-likeness (QED) is 0.504. The van der Waals surface area contributed by atoms with Crippen molar-refractivity contribution in [2.24, 2.45) is 0 Å². The molecule has 0 spiro atoms. The first kappa shape index (κ1) is 16.0. The molecule has 0 bridgehead atoms. The standard InChI is InChI=1S/C13H26BrNO/c1-4-5-6-7-8-9-10-12(16)15-13(2,3)11-14/h4-11H2,1-3H3,(H,15,16). The number of hydrogen-bond donors (Lipinski definition) is 1. The molecule has 0 saturated carbocycles. The maximum atomic E-state index is 11.6. The van der Waals surface area contributed by atoms with Gasteiger partial charge in [0.25, 0.3) is 0 Å². The van der Waals surface area contributed by atoms with Crippen molar-refractivity contribution in [2.75, 3.05) is 5.33 Å². The topological polar surface area (TPSA) is 29.1 Å². The van der Waals surface area contributed by atoms with Crippen molar-refractivity contribution in [1.82, 2.24) is 5.32 Å². The van der Waals surface area contributed by atoms with Crippen LogP contribution in [-0.4, -0.2) is 16.8 Å². The summed E-state index contributed by atoms with van der Waals surface area (Å²) in [5.41, 5.74) is -0.126. The van der Waals surface area contributed by atoms with Crippen LogP contribution in [0.25, 0.3) is 0 Å². The zero-order valence-corrected chi connectivity index (χ0v) is 12.5. The summed E-state index contributed by atoms with van der Waals surface area (Å²) in [4.78, 5) is 11.6. The second kappa shape index (κ2) is 9.03. The number of alkyl halides is 1. The number of hydrogen-bond acceptors (Lipinski definition) is 1. The first-order valence-corrected chi connectivity index (χ1v) is 7.51. The maximum absolute atomic E-state index is 11.6. The van der Waals surface area contributed by atoms with Crippen molar-refractivity contribution in [1.29, 1.82) is 0 Å². The zero-order valence-electron chi connectivity index (χ0n) is 10.9. The average molecular weight is 292 g/mol. The molecule has 0 aromatic rings. The molecule has 0 fully saturated rings. The van der Waals surface area contributed by atoms with Gasteiger partial charge >= 0.3 is 0 Å². The Labute approximate surface area is 109 Å². The molecule has 0 radical (unpaired) electrons. The van der Waals surface area contributed by atoms with E-state index < -0.39 is 0 Å². The monoisotopic (exact) mass is 291 g/mol. The number of carbonyl (C=O) groups is 1. The molecule has 0 saturated heterocycles. The van der Waals surface area contributed by atoms with E-state index in [1.807, 2.05) is 13.8 Å². The fraction of sp³-hybridized carbons (Fsp3) is 0.923. The van der Waals surface area contributed by atoms with Crippen LogP contribution >= 0.6 is 15.9 Å². The van der Waals surface area contributed by atoms with E-state index in [0.717, 1.165) is 11.8 Å². The van der Waals surface area contributed by atoms with Gasteiger partial charge in [0.15, 0.2) is 0 Å². The molecule has 1 N–H and O–H groups in total. The van der Waals surface area contributed by atoms with Crippen LogP contribution in [0, 0.1) is 0 Å². The van der Waals surface area contributed by atoms with E-state index in [0.29, 0.717) is 6.42 Å². The Morgan fingerprint density at radius 2 is 1.69 bits per heavy atom. The summed E-state index contributed by atoms with van der Waals surface area (Å²) < 4.78 is 0. The molecule has 0 rings (SSSR count). The molecule has 16 heavy (non-hydrogen) atoms. The van der Waals surface area contributed by atoms with E-state index in [9.17, 15) is 4.79 Å². The third kappa shape index (κ3) is 9.20. The molecule has 0 heterocycles. The second-order valence-corrected chi connectivity index (χ2v) is 5.64. The summed E-state index contributed by atoms with van der Waals surface area (Å²) in [5.74, 6) is 0.181. The summed E-state index contributed by atoms with van der Waals surface area (Å²) in [6, 6.07) is 0. The van der Waals surface area contributed by atoms with E-state index in [1.54, 1.807) is 0 Å². The molecular formula is C13H26BrNO. The van der Waals surface area contributed by atoms with Gasteiger partial charge in [0, 0.05) is 17.3 Å². The summed E-state index contributed by atoms with van der Waals surface area (Å²) in [7, 11) is 0. The van der Waals surface area contributed by atoms with Gasteiger partial charge in [-0.05, 0) is 20.3 Å². The van der Waals surface area contributed by atoms with Gasteiger partial charge in [-0.25, -0.2) is 0 Å². The molecule has 96 valence electrons. The van der Waals surface area contributed by atoms with Gasteiger partial charge in [0.1, 0.15) is 0 Å². The van der Waals surface area contributed by atoms with Crippen molar-refractivity contribution < 1.29 is 4.79 Å². The number of nitrogens with one attached hydrogen (secondary N) is 1. The lowest BCUT2D eigenvalue weighted by Gasteiger charge is -2.23. The van der Waals surface area contributed by atoms with Crippen LogP contribution in [-0.2, 0) is 4.79 Å². The molecule has 0 unspecified atom stereocenters. The minimum atomic E-state index is -0.126. The minimum Gasteiger partial charge on any atom is -0.350 e. The van der Waals surface area contributed by atoms with Gasteiger partial charge < -0.3 is 5.32 Å². The number of unbranched alkanes of at least 4 members (excludes halogenated alkanes) is 5. The normalized spacial score (nSPS) is 11.5. The lowest BCUT2D eigenvalue weighted by Crippen LogP contribution is -2.44. The fourth-order valence-corrected chi connectivity index (χ4v) is 1.68. The summed E-state index contributed by atoms with van der Waals surface area (Å²) in [6.45, 7) is 6.28. The Bertz CT molecular complexity index is 192. The van der Waals surface area contributed by atoms with Crippen molar-refractivity contribution >= 4 is 21.8 Å². The average Bonchev–Trinajstić information content (AvgIpc) is 2.22. The predicted molar refractivity (Wildman–Crippen MR) is 74.0 cm³/mol. The largest absolute Gasteiger partial charge is 0.350 e. The van der Waals surface area contributed by atoms with Crippen LogP contribution in [0.5, 0.6) is 0 Å². The summed E-state index contributed by atoms with van der Waals surface area (Å²) in [5, 5.41) is 3.82. The molecule has 0 aromatic carbocycles. The third-order valence-electron chi connectivity index (χ3n) is 2.57. The highest BCUT2D eigenvalue weighted by atomic mass is 79.9. The third-order valence-corrected chi connectivity index (χ3v) is 3.97. The van der Waals surface area contributed by atoms with E-state index >= 15 is 0 Å².